The third kappa shape index (κ3) is 3.74. The molecule has 102 valence electrons. The van der Waals surface area contributed by atoms with Crippen molar-refractivity contribution in [3.05, 3.63) is 36.1 Å². The number of hydrogen-bond acceptors (Lipinski definition) is 3. The van der Waals surface area contributed by atoms with Crippen LogP contribution in [0.5, 0.6) is 0 Å². The number of amides is 1. The van der Waals surface area contributed by atoms with Gasteiger partial charge in [0, 0.05) is 11.9 Å². The summed E-state index contributed by atoms with van der Waals surface area (Å²) in [6.45, 7) is 6.06. The maximum atomic E-state index is 11.5. The largest absolute Gasteiger partial charge is 0.464 e. The summed E-state index contributed by atoms with van der Waals surface area (Å²) in [4.78, 5) is 11.5. The highest BCUT2D eigenvalue weighted by Gasteiger charge is 2.15. The van der Waals surface area contributed by atoms with Crippen LogP contribution in [-0.2, 0) is 11.2 Å². The lowest BCUT2D eigenvalue weighted by Crippen LogP contribution is -2.33. The lowest BCUT2D eigenvalue weighted by Gasteiger charge is -2.19. The van der Waals surface area contributed by atoms with Crippen LogP contribution in [0.1, 0.15) is 26.3 Å². The van der Waals surface area contributed by atoms with Crippen LogP contribution in [0, 0.1) is 0 Å². The summed E-state index contributed by atoms with van der Waals surface area (Å²) in [6.07, 6.45) is 2.07. The molecule has 1 aromatic heterocycles. The van der Waals surface area contributed by atoms with Gasteiger partial charge in [0.2, 0.25) is 0 Å². The van der Waals surface area contributed by atoms with Crippen LogP contribution in [0.4, 0.5) is 4.79 Å². The smallest absolute Gasteiger partial charge is 0.407 e. The fraction of sp³-hybridized carbons (Fsp3) is 0.400. The van der Waals surface area contributed by atoms with Gasteiger partial charge in [-0.15, -0.1) is 0 Å². The van der Waals surface area contributed by atoms with Gasteiger partial charge in [0.1, 0.15) is 11.2 Å². The first kappa shape index (κ1) is 13.5. The van der Waals surface area contributed by atoms with E-state index in [2.05, 4.69) is 5.32 Å². The predicted octanol–water partition coefficient (Wildman–Crippen LogP) is 3.50. The van der Waals surface area contributed by atoms with Gasteiger partial charge in [-0.3, -0.25) is 0 Å². The molecule has 0 spiro atoms. The average molecular weight is 261 g/mol. The van der Waals surface area contributed by atoms with Gasteiger partial charge in [0.05, 0.1) is 6.26 Å². The number of benzene rings is 1. The number of hydrogen-bond donors (Lipinski definition) is 1. The number of carbonyl (C=O) groups excluding carboxylic acids is 1. The Morgan fingerprint density at radius 3 is 2.79 bits per heavy atom. The van der Waals surface area contributed by atoms with Crippen molar-refractivity contribution in [2.75, 3.05) is 6.54 Å². The number of para-hydroxylation sites is 1. The van der Waals surface area contributed by atoms with Gasteiger partial charge in [0.15, 0.2) is 0 Å². The maximum absolute atomic E-state index is 11.5. The first-order valence-electron chi connectivity index (χ1n) is 6.38. The van der Waals surface area contributed by atoms with Crippen molar-refractivity contribution >= 4 is 17.1 Å². The van der Waals surface area contributed by atoms with Crippen molar-refractivity contribution in [2.24, 2.45) is 0 Å². The summed E-state index contributed by atoms with van der Waals surface area (Å²) in [5, 5.41) is 3.83. The normalized spacial score (nSPS) is 11.5. The van der Waals surface area contributed by atoms with E-state index in [1.807, 2.05) is 45.0 Å². The molecule has 1 heterocycles. The Hall–Kier alpha value is -1.97. The molecule has 1 aromatic carbocycles. The van der Waals surface area contributed by atoms with Crippen LogP contribution < -0.4 is 5.32 Å². The van der Waals surface area contributed by atoms with E-state index in [0.717, 1.165) is 23.0 Å². The summed E-state index contributed by atoms with van der Waals surface area (Å²) in [7, 11) is 0. The van der Waals surface area contributed by atoms with E-state index in [-0.39, 0.29) is 6.09 Å². The molecular weight excluding hydrogens is 242 g/mol. The van der Waals surface area contributed by atoms with Gasteiger partial charge in [-0.1, -0.05) is 18.2 Å². The van der Waals surface area contributed by atoms with E-state index in [1.54, 1.807) is 6.26 Å². The molecule has 0 saturated carbocycles. The second-order valence-corrected chi connectivity index (χ2v) is 5.44. The molecule has 0 fully saturated rings. The highest BCUT2D eigenvalue weighted by molar-refractivity contribution is 5.80. The van der Waals surface area contributed by atoms with E-state index >= 15 is 0 Å². The summed E-state index contributed by atoms with van der Waals surface area (Å²) < 4.78 is 10.6. The fourth-order valence-electron chi connectivity index (χ4n) is 1.84. The molecule has 2 rings (SSSR count). The van der Waals surface area contributed by atoms with Gasteiger partial charge in [-0.05, 0) is 38.8 Å². The molecule has 0 aliphatic heterocycles. The minimum Gasteiger partial charge on any atom is -0.464 e. The molecule has 0 radical (unpaired) electrons. The first-order chi connectivity index (χ1) is 8.96. The minimum absolute atomic E-state index is 0.389. The molecule has 4 nitrogen and oxygen atoms in total. The van der Waals surface area contributed by atoms with Crippen molar-refractivity contribution < 1.29 is 13.9 Å². The standard InChI is InChI=1S/C15H19NO3/c1-15(2,3)19-14(17)16-9-8-11-10-18-13-7-5-4-6-12(11)13/h4-7,10H,8-9H2,1-3H3,(H,16,17). The van der Waals surface area contributed by atoms with Crippen molar-refractivity contribution in [2.45, 2.75) is 32.8 Å². The molecule has 4 heteroatoms. The fourth-order valence-corrected chi connectivity index (χ4v) is 1.84. The van der Waals surface area contributed by atoms with Crippen LogP contribution in [0.3, 0.4) is 0 Å². The van der Waals surface area contributed by atoms with Crippen LogP contribution in [-0.4, -0.2) is 18.2 Å². The molecule has 2 aromatic rings. The zero-order valence-electron chi connectivity index (χ0n) is 11.5. The Kier molecular flexibility index (Phi) is 3.79. The Balaban J connectivity index is 1.88. The number of furan rings is 1. The third-order valence-corrected chi connectivity index (χ3v) is 2.62. The second kappa shape index (κ2) is 5.34. The molecule has 1 amide bonds. The number of ether oxygens (including phenoxy) is 1. The number of rotatable bonds is 3. The van der Waals surface area contributed by atoms with E-state index in [4.69, 9.17) is 9.15 Å². The highest BCUT2D eigenvalue weighted by atomic mass is 16.6. The molecule has 1 N–H and O–H groups in total. The molecule has 0 aliphatic carbocycles. The monoisotopic (exact) mass is 261 g/mol. The number of fused-ring (bicyclic) bond motifs is 1. The Morgan fingerprint density at radius 2 is 2.05 bits per heavy atom. The predicted molar refractivity (Wildman–Crippen MR) is 74.2 cm³/mol. The van der Waals surface area contributed by atoms with Crippen molar-refractivity contribution in [1.29, 1.82) is 0 Å². The van der Waals surface area contributed by atoms with Gasteiger partial charge in [-0.25, -0.2) is 4.79 Å². The van der Waals surface area contributed by atoms with E-state index in [9.17, 15) is 4.79 Å². The SMILES string of the molecule is CC(C)(C)OC(=O)NCCc1coc2ccccc12. The van der Waals surface area contributed by atoms with Crippen LogP contribution in [0.15, 0.2) is 34.9 Å². The lowest BCUT2D eigenvalue weighted by molar-refractivity contribution is 0.0528. The Bertz CT molecular complexity index is 566. The summed E-state index contributed by atoms with van der Waals surface area (Å²) in [5.41, 5.74) is 1.49. The number of nitrogens with one attached hydrogen (secondary N) is 1. The summed E-state index contributed by atoms with van der Waals surface area (Å²) >= 11 is 0. The zero-order chi connectivity index (χ0) is 13.9. The number of alkyl carbamates (subject to hydrolysis) is 1. The van der Waals surface area contributed by atoms with E-state index < -0.39 is 5.60 Å². The van der Waals surface area contributed by atoms with Crippen molar-refractivity contribution in [1.82, 2.24) is 5.32 Å². The average Bonchev–Trinajstić information content (AvgIpc) is 2.70. The van der Waals surface area contributed by atoms with Gasteiger partial charge >= 0.3 is 6.09 Å². The second-order valence-electron chi connectivity index (χ2n) is 5.44. The highest BCUT2D eigenvalue weighted by Crippen LogP contribution is 2.20. The maximum Gasteiger partial charge on any atom is 0.407 e. The molecule has 19 heavy (non-hydrogen) atoms. The molecule has 0 saturated heterocycles. The number of carbonyl (C=O) groups is 1. The van der Waals surface area contributed by atoms with Gasteiger partial charge in [-0.2, -0.15) is 0 Å². The van der Waals surface area contributed by atoms with E-state index in [0.29, 0.717) is 6.54 Å². The molecule has 0 atom stereocenters. The van der Waals surface area contributed by atoms with E-state index in [1.165, 1.54) is 0 Å². The summed E-state index contributed by atoms with van der Waals surface area (Å²) in [6, 6.07) is 7.86. The zero-order valence-corrected chi connectivity index (χ0v) is 11.5. The van der Waals surface area contributed by atoms with Gasteiger partial charge in [0.25, 0.3) is 0 Å². The van der Waals surface area contributed by atoms with Crippen LogP contribution in [0.2, 0.25) is 0 Å². The lowest BCUT2D eigenvalue weighted by atomic mass is 10.1. The molecule has 0 bridgehead atoms. The first-order valence-corrected chi connectivity index (χ1v) is 6.38. The van der Waals surface area contributed by atoms with Crippen molar-refractivity contribution in [3.63, 3.8) is 0 Å². The topological polar surface area (TPSA) is 51.5 Å². The summed E-state index contributed by atoms with van der Waals surface area (Å²) in [5.74, 6) is 0. The quantitative estimate of drug-likeness (QED) is 0.920. The Labute approximate surface area is 112 Å². The van der Waals surface area contributed by atoms with Crippen LogP contribution >= 0.6 is 0 Å². The minimum atomic E-state index is -0.466. The molecule has 0 unspecified atom stereocenters. The molecular formula is C15H19NO3. The van der Waals surface area contributed by atoms with Crippen LogP contribution in [0.25, 0.3) is 11.0 Å². The third-order valence-electron chi connectivity index (χ3n) is 2.62. The Morgan fingerprint density at radius 1 is 1.32 bits per heavy atom. The molecule has 0 aliphatic rings. The van der Waals surface area contributed by atoms with Gasteiger partial charge < -0.3 is 14.5 Å². The van der Waals surface area contributed by atoms with Crippen molar-refractivity contribution in [3.8, 4) is 0 Å².